The van der Waals surface area contributed by atoms with E-state index in [9.17, 15) is 31.1 Å². The van der Waals surface area contributed by atoms with Crippen molar-refractivity contribution in [3.63, 3.8) is 0 Å². The van der Waals surface area contributed by atoms with Crippen LogP contribution in [0.15, 0.2) is 0 Å². The first-order valence-electron chi connectivity index (χ1n) is 4.19. The smallest absolute Gasteiger partial charge is 0.423 e. The van der Waals surface area contributed by atoms with Gasteiger partial charge in [0, 0.05) is 0 Å². The van der Waals surface area contributed by atoms with Crippen molar-refractivity contribution < 1.29 is 35.9 Å². The Balaban J connectivity index is 5.46. The lowest BCUT2D eigenvalue weighted by molar-refractivity contribution is -0.265. The van der Waals surface area contributed by atoms with Crippen molar-refractivity contribution in [1.82, 2.24) is 0 Å². The molecule has 0 fully saturated rings. The lowest BCUT2D eigenvalue weighted by Crippen LogP contribution is -2.59. The Bertz CT molecular complexity index is 287. The van der Waals surface area contributed by atoms with Gasteiger partial charge in [0.05, 0.1) is 0 Å². The fourth-order valence-electron chi connectivity index (χ4n) is 0.741. The van der Waals surface area contributed by atoms with Gasteiger partial charge in [0.25, 0.3) is 0 Å². The summed E-state index contributed by atoms with van der Waals surface area (Å²) >= 11 is 1.42. The van der Waals surface area contributed by atoms with Crippen LogP contribution in [0.25, 0.3) is 0 Å². The van der Waals surface area contributed by atoms with Crippen LogP contribution in [0.5, 0.6) is 0 Å². The van der Waals surface area contributed by atoms with Gasteiger partial charge in [0.15, 0.2) is 0 Å². The van der Waals surface area contributed by atoms with Crippen molar-refractivity contribution in [2.24, 2.45) is 0 Å². The summed E-state index contributed by atoms with van der Waals surface area (Å²) in [7, 11) is 0. The SMILES string of the molecule is CC(C)(C)OC(=O)C(Br)(C(F)(F)F)C(F)(F)F. The van der Waals surface area contributed by atoms with E-state index in [1.807, 2.05) is 0 Å². The average molecular weight is 331 g/mol. The zero-order valence-corrected chi connectivity index (χ0v) is 10.5. The minimum absolute atomic E-state index is 1.16. The predicted molar refractivity (Wildman–Crippen MR) is 49.6 cm³/mol. The monoisotopic (exact) mass is 330 g/mol. The fourth-order valence-corrected chi connectivity index (χ4v) is 0.822. The van der Waals surface area contributed by atoms with Gasteiger partial charge in [-0.15, -0.1) is 0 Å². The van der Waals surface area contributed by atoms with Gasteiger partial charge in [0.1, 0.15) is 5.60 Å². The molecule has 102 valence electrons. The summed E-state index contributed by atoms with van der Waals surface area (Å²) < 4.78 is 73.6. The van der Waals surface area contributed by atoms with Gasteiger partial charge in [-0.25, -0.2) is 4.79 Å². The summed E-state index contributed by atoms with van der Waals surface area (Å²) in [5.41, 5.74) is -1.47. The second kappa shape index (κ2) is 4.33. The lowest BCUT2D eigenvalue weighted by Gasteiger charge is -2.32. The van der Waals surface area contributed by atoms with E-state index in [1.54, 1.807) is 0 Å². The Morgan fingerprint density at radius 2 is 1.24 bits per heavy atom. The van der Waals surface area contributed by atoms with Gasteiger partial charge in [0.2, 0.25) is 0 Å². The molecule has 0 aromatic heterocycles. The maximum absolute atomic E-state index is 12.4. The summed E-state index contributed by atoms with van der Waals surface area (Å²) in [4.78, 5) is 11.1. The second-order valence-electron chi connectivity index (χ2n) is 4.16. The van der Waals surface area contributed by atoms with E-state index in [0.717, 1.165) is 20.8 Å². The van der Waals surface area contributed by atoms with Crippen molar-refractivity contribution >= 4 is 21.9 Å². The molecule has 0 heterocycles. The number of esters is 1. The first kappa shape index (κ1) is 16.5. The maximum atomic E-state index is 12.4. The number of alkyl halides is 7. The first-order valence-corrected chi connectivity index (χ1v) is 4.98. The van der Waals surface area contributed by atoms with Crippen molar-refractivity contribution in [2.75, 3.05) is 0 Å². The summed E-state index contributed by atoms with van der Waals surface area (Å²) in [5.74, 6) is -2.44. The summed E-state index contributed by atoms with van der Waals surface area (Å²) in [5, 5.41) is 0. The third kappa shape index (κ3) is 3.49. The minimum atomic E-state index is -5.85. The zero-order chi connectivity index (χ0) is 14.3. The number of halogens is 7. The summed E-state index contributed by atoms with van der Waals surface area (Å²) in [6.07, 6.45) is -11.7. The first-order chi connectivity index (χ1) is 7.13. The minimum Gasteiger partial charge on any atom is -0.458 e. The normalized spacial score (nSPS) is 14.7. The molecule has 0 aliphatic heterocycles. The second-order valence-corrected chi connectivity index (χ2v) is 5.35. The molecular formula is C8H9BrF6O2. The molecule has 0 aromatic rings. The van der Waals surface area contributed by atoms with E-state index in [0.29, 0.717) is 0 Å². The highest BCUT2D eigenvalue weighted by molar-refractivity contribution is 9.10. The lowest BCUT2D eigenvalue weighted by atomic mass is 10.1. The van der Waals surface area contributed by atoms with Crippen LogP contribution in [0.4, 0.5) is 26.3 Å². The molecule has 0 saturated carbocycles. The quantitative estimate of drug-likeness (QED) is 0.417. The number of rotatable bonds is 1. The Labute approximate surface area is 101 Å². The van der Waals surface area contributed by atoms with Crippen LogP contribution in [-0.4, -0.2) is 28.2 Å². The third-order valence-corrected chi connectivity index (χ3v) is 2.68. The number of ether oxygens (including phenoxy) is 1. The van der Waals surface area contributed by atoms with Gasteiger partial charge in [-0.1, -0.05) is 15.9 Å². The van der Waals surface area contributed by atoms with E-state index in [1.165, 1.54) is 15.9 Å². The van der Waals surface area contributed by atoms with Gasteiger partial charge >= 0.3 is 22.6 Å². The summed E-state index contributed by atoms with van der Waals surface area (Å²) in [6.45, 7) is 3.47. The zero-order valence-electron chi connectivity index (χ0n) is 8.96. The number of hydrogen-bond acceptors (Lipinski definition) is 2. The van der Waals surface area contributed by atoms with Crippen molar-refractivity contribution in [1.29, 1.82) is 0 Å². The van der Waals surface area contributed by atoms with E-state index >= 15 is 0 Å². The molecule has 0 radical (unpaired) electrons. The van der Waals surface area contributed by atoms with Crippen LogP contribution in [0.2, 0.25) is 0 Å². The van der Waals surface area contributed by atoms with Crippen molar-refractivity contribution in [3.05, 3.63) is 0 Å². The molecule has 2 nitrogen and oxygen atoms in total. The standard InChI is InChI=1S/C8H9BrF6O2/c1-5(2,3)17-4(16)6(9,7(10,11)12)8(13,14)15/h1-3H3. The Morgan fingerprint density at radius 1 is 0.941 bits per heavy atom. The number of hydrogen-bond donors (Lipinski definition) is 0. The van der Waals surface area contributed by atoms with Crippen LogP contribution in [-0.2, 0) is 9.53 Å². The summed E-state index contributed by atoms with van der Waals surface area (Å²) in [6, 6.07) is 0. The van der Waals surface area contributed by atoms with Crippen LogP contribution < -0.4 is 0 Å². The molecule has 17 heavy (non-hydrogen) atoms. The molecule has 0 aliphatic carbocycles. The molecule has 0 saturated heterocycles. The van der Waals surface area contributed by atoms with Gasteiger partial charge in [-0.3, -0.25) is 0 Å². The van der Waals surface area contributed by atoms with Gasteiger partial charge in [-0.2, -0.15) is 26.3 Å². The molecule has 0 bridgehead atoms. The van der Waals surface area contributed by atoms with Gasteiger partial charge in [-0.05, 0) is 20.8 Å². The fraction of sp³-hybridized carbons (Fsp3) is 0.875. The topological polar surface area (TPSA) is 26.3 Å². The molecule has 0 aliphatic rings. The largest absolute Gasteiger partial charge is 0.458 e. The Hall–Kier alpha value is -0.470. The molecule has 0 spiro atoms. The highest BCUT2D eigenvalue weighted by Gasteiger charge is 2.76. The molecule has 0 amide bonds. The molecule has 0 atom stereocenters. The van der Waals surface area contributed by atoms with Crippen LogP contribution in [0, 0.1) is 0 Å². The van der Waals surface area contributed by atoms with E-state index in [-0.39, 0.29) is 0 Å². The van der Waals surface area contributed by atoms with Crippen LogP contribution in [0.1, 0.15) is 20.8 Å². The maximum Gasteiger partial charge on any atom is 0.423 e. The van der Waals surface area contributed by atoms with Crippen molar-refractivity contribution in [3.8, 4) is 0 Å². The van der Waals surface area contributed by atoms with Crippen LogP contribution >= 0.6 is 15.9 Å². The van der Waals surface area contributed by atoms with E-state index in [2.05, 4.69) is 4.74 Å². The van der Waals surface area contributed by atoms with E-state index in [4.69, 9.17) is 0 Å². The van der Waals surface area contributed by atoms with Crippen LogP contribution in [0.3, 0.4) is 0 Å². The Morgan fingerprint density at radius 3 is 1.41 bits per heavy atom. The predicted octanol–water partition coefficient (Wildman–Crippen LogP) is 3.59. The highest BCUT2D eigenvalue weighted by Crippen LogP contribution is 2.50. The number of carbonyl (C=O) groups is 1. The molecular weight excluding hydrogens is 322 g/mol. The number of carbonyl (C=O) groups excluding carboxylic acids is 1. The van der Waals surface area contributed by atoms with E-state index < -0.39 is 28.2 Å². The molecule has 9 heteroatoms. The molecule has 0 rings (SSSR count). The highest BCUT2D eigenvalue weighted by atomic mass is 79.9. The van der Waals surface area contributed by atoms with Gasteiger partial charge < -0.3 is 4.74 Å². The van der Waals surface area contributed by atoms with Crippen molar-refractivity contribution in [2.45, 2.75) is 43.0 Å². The Kier molecular flexibility index (Phi) is 4.21. The third-order valence-electron chi connectivity index (χ3n) is 1.46. The molecule has 0 unspecified atom stereocenters. The molecule has 0 N–H and O–H groups in total. The average Bonchev–Trinajstić information content (AvgIpc) is 1.94. The molecule has 0 aromatic carbocycles.